The molecule has 4 rings (SSSR count). The molecule has 3 aliphatic heterocycles. The summed E-state index contributed by atoms with van der Waals surface area (Å²) < 4.78 is 11.7. The van der Waals surface area contributed by atoms with Crippen LogP contribution < -0.4 is 10.1 Å². The fourth-order valence-electron chi connectivity index (χ4n) is 4.59. The minimum absolute atomic E-state index is 0.0194. The van der Waals surface area contributed by atoms with Gasteiger partial charge in [-0.15, -0.1) is 0 Å². The van der Waals surface area contributed by atoms with Crippen LogP contribution >= 0.6 is 0 Å². The molecular formula is C20H28N2O3. The number of nitrogens with one attached hydrogen (secondary N) is 1. The maximum atomic E-state index is 12.7. The summed E-state index contributed by atoms with van der Waals surface area (Å²) in [4.78, 5) is 14.6. The summed E-state index contributed by atoms with van der Waals surface area (Å²) >= 11 is 0. The molecule has 3 heterocycles. The van der Waals surface area contributed by atoms with Crippen molar-refractivity contribution in [2.45, 2.75) is 58.0 Å². The lowest BCUT2D eigenvalue weighted by atomic mass is 9.82. The zero-order valence-electron chi connectivity index (χ0n) is 15.3. The summed E-state index contributed by atoms with van der Waals surface area (Å²) in [6.45, 7) is 7.73. The molecule has 3 aliphatic rings. The molecule has 0 aromatic heterocycles. The number of carbonyl (C=O) groups excluding carboxylic acids is 1. The van der Waals surface area contributed by atoms with Crippen LogP contribution in [-0.4, -0.2) is 42.3 Å². The van der Waals surface area contributed by atoms with E-state index in [0.717, 1.165) is 24.4 Å². The lowest BCUT2D eigenvalue weighted by molar-refractivity contribution is 0.0737. The number of fused-ring (bicyclic) bond motifs is 5. The molecule has 2 bridgehead atoms. The van der Waals surface area contributed by atoms with E-state index in [1.165, 1.54) is 12.8 Å². The Hall–Kier alpha value is -1.75. The molecule has 2 amide bonds. The van der Waals surface area contributed by atoms with E-state index >= 15 is 0 Å². The Kier molecular flexibility index (Phi) is 4.36. The van der Waals surface area contributed by atoms with E-state index in [-0.39, 0.29) is 18.2 Å². The third kappa shape index (κ3) is 3.22. The van der Waals surface area contributed by atoms with Crippen molar-refractivity contribution in [1.82, 2.24) is 10.2 Å². The van der Waals surface area contributed by atoms with Gasteiger partial charge >= 0.3 is 6.03 Å². The first-order chi connectivity index (χ1) is 12.0. The zero-order valence-corrected chi connectivity index (χ0v) is 15.3. The smallest absolute Gasteiger partial charge is 0.317 e. The van der Waals surface area contributed by atoms with Crippen molar-refractivity contribution < 1.29 is 14.3 Å². The Labute approximate surface area is 149 Å². The van der Waals surface area contributed by atoms with Gasteiger partial charge in [0.05, 0.1) is 24.4 Å². The van der Waals surface area contributed by atoms with Crippen LogP contribution in [0.25, 0.3) is 0 Å². The average molecular weight is 344 g/mol. The summed E-state index contributed by atoms with van der Waals surface area (Å²) in [7, 11) is 0. The van der Waals surface area contributed by atoms with Gasteiger partial charge in [-0.2, -0.15) is 0 Å². The molecule has 136 valence electrons. The molecule has 5 atom stereocenters. The highest BCUT2D eigenvalue weighted by molar-refractivity contribution is 5.75. The normalized spacial score (nSPS) is 31.3. The first-order valence-electron chi connectivity index (χ1n) is 9.49. The second-order valence-electron chi connectivity index (χ2n) is 7.93. The quantitative estimate of drug-likeness (QED) is 0.911. The van der Waals surface area contributed by atoms with Crippen molar-refractivity contribution in [3.05, 3.63) is 29.8 Å². The molecule has 0 unspecified atom stereocenters. The topological polar surface area (TPSA) is 50.8 Å². The van der Waals surface area contributed by atoms with Crippen LogP contribution in [0.3, 0.4) is 0 Å². The largest absolute Gasteiger partial charge is 0.491 e. The molecule has 5 heteroatoms. The maximum Gasteiger partial charge on any atom is 0.317 e. The number of amides is 2. The van der Waals surface area contributed by atoms with Gasteiger partial charge < -0.3 is 19.7 Å². The van der Waals surface area contributed by atoms with Crippen LogP contribution in [0.4, 0.5) is 4.79 Å². The number of nitrogens with zero attached hydrogens (tertiary/aromatic N) is 1. The monoisotopic (exact) mass is 344 g/mol. The van der Waals surface area contributed by atoms with E-state index in [9.17, 15) is 4.79 Å². The van der Waals surface area contributed by atoms with Gasteiger partial charge in [0.15, 0.2) is 0 Å². The summed E-state index contributed by atoms with van der Waals surface area (Å²) in [5.74, 6) is 1.96. The lowest BCUT2D eigenvalue weighted by Crippen LogP contribution is -2.40. The molecule has 0 spiro atoms. The average Bonchev–Trinajstić information content (AvgIpc) is 3.27. The Bertz CT molecular complexity index is 612. The van der Waals surface area contributed by atoms with Gasteiger partial charge in [0, 0.05) is 24.9 Å². The van der Waals surface area contributed by atoms with Gasteiger partial charge in [-0.05, 0) is 51.3 Å². The molecule has 0 radical (unpaired) electrons. The van der Waals surface area contributed by atoms with Gasteiger partial charge in [0.1, 0.15) is 5.75 Å². The highest BCUT2D eigenvalue weighted by Crippen LogP contribution is 2.47. The molecule has 0 aliphatic carbocycles. The number of urea groups is 1. The van der Waals surface area contributed by atoms with Crippen molar-refractivity contribution in [1.29, 1.82) is 0 Å². The fourth-order valence-corrected chi connectivity index (χ4v) is 4.59. The van der Waals surface area contributed by atoms with Crippen LogP contribution in [0.15, 0.2) is 24.3 Å². The number of hydrogen-bond acceptors (Lipinski definition) is 3. The predicted octanol–water partition coefficient (Wildman–Crippen LogP) is 3.35. The zero-order chi connectivity index (χ0) is 17.6. The molecule has 5 nitrogen and oxygen atoms in total. The van der Waals surface area contributed by atoms with E-state index in [1.54, 1.807) is 0 Å². The first kappa shape index (κ1) is 16.7. The van der Waals surface area contributed by atoms with Gasteiger partial charge in [-0.3, -0.25) is 0 Å². The van der Waals surface area contributed by atoms with Gasteiger partial charge in [-0.25, -0.2) is 4.79 Å². The van der Waals surface area contributed by atoms with Crippen molar-refractivity contribution >= 4 is 6.03 Å². The number of benzene rings is 1. The standard InChI is InChI=1S/C20H28N2O3/c1-12(2)24-15-6-4-14(5-7-15)13(3)21-20(23)22-10-16-17(11-22)19-9-8-18(16)25-19/h4-7,12-13,16-19H,8-11H2,1-3H3,(H,21,23)/t13-,16-,17+,18-,19-/m1/s1. The summed E-state index contributed by atoms with van der Waals surface area (Å²) in [5, 5.41) is 3.14. The molecule has 1 N–H and O–H groups in total. The van der Waals surface area contributed by atoms with Crippen molar-refractivity contribution in [3.63, 3.8) is 0 Å². The van der Waals surface area contributed by atoms with E-state index in [2.05, 4.69) is 5.32 Å². The number of hydrogen-bond donors (Lipinski definition) is 1. The Morgan fingerprint density at radius 3 is 2.28 bits per heavy atom. The van der Waals surface area contributed by atoms with E-state index in [4.69, 9.17) is 9.47 Å². The predicted molar refractivity (Wildman–Crippen MR) is 95.6 cm³/mol. The van der Waals surface area contributed by atoms with E-state index < -0.39 is 0 Å². The van der Waals surface area contributed by atoms with Gasteiger partial charge in [0.2, 0.25) is 0 Å². The van der Waals surface area contributed by atoms with Gasteiger partial charge in [-0.1, -0.05) is 12.1 Å². The maximum absolute atomic E-state index is 12.7. The number of likely N-dealkylation sites (tertiary alicyclic amines) is 1. The summed E-state index contributed by atoms with van der Waals surface area (Å²) in [6.07, 6.45) is 3.28. The highest BCUT2D eigenvalue weighted by Gasteiger charge is 2.53. The van der Waals surface area contributed by atoms with Crippen molar-refractivity contribution in [2.24, 2.45) is 11.8 Å². The van der Waals surface area contributed by atoms with Gasteiger partial charge in [0.25, 0.3) is 0 Å². The first-order valence-corrected chi connectivity index (χ1v) is 9.49. The highest BCUT2D eigenvalue weighted by atomic mass is 16.5. The van der Waals surface area contributed by atoms with Crippen molar-refractivity contribution in [3.8, 4) is 5.75 Å². The Morgan fingerprint density at radius 1 is 1.12 bits per heavy atom. The van der Waals surface area contributed by atoms with E-state index in [0.29, 0.717) is 24.0 Å². The van der Waals surface area contributed by atoms with Crippen LogP contribution in [0.2, 0.25) is 0 Å². The molecule has 25 heavy (non-hydrogen) atoms. The molecule has 1 aromatic rings. The molecule has 1 aromatic carbocycles. The molecule has 0 saturated carbocycles. The number of carbonyl (C=O) groups is 1. The minimum Gasteiger partial charge on any atom is -0.491 e. The molecule has 3 fully saturated rings. The lowest BCUT2D eigenvalue weighted by Gasteiger charge is -2.23. The third-order valence-electron chi connectivity index (χ3n) is 5.83. The minimum atomic E-state index is -0.0194. The fraction of sp³-hybridized carbons (Fsp3) is 0.650. The van der Waals surface area contributed by atoms with Crippen LogP contribution in [0.5, 0.6) is 5.75 Å². The second kappa shape index (κ2) is 6.52. The van der Waals surface area contributed by atoms with Crippen LogP contribution in [0, 0.1) is 11.8 Å². The SMILES string of the molecule is CC(C)Oc1ccc([C@@H](C)NC(=O)N2C[C@@H]3[C@H](C2)[C@H]2CC[C@H]3O2)cc1. The Morgan fingerprint density at radius 2 is 1.72 bits per heavy atom. The third-order valence-corrected chi connectivity index (χ3v) is 5.83. The molecular weight excluding hydrogens is 316 g/mol. The number of ether oxygens (including phenoxy) is 2. The number of rotatable bonds is 4. The molecule has 3 saturated heterocycles. The van der Waals surface area contributed by atoms with Crippen LogP contribution in [-0.2, 0) is 4.74 Å². The Balaban J connectivity index is 1.33. The van der Waals surface area contributed by atoms with Crippen LogP contribution in [0.1, 0.15) is 45.2 Å². The summed E-state index contributed by atoms with van der Waals surface area (Å²) in [5.41, 5.74) is 1.09. The van der Waals surface area contributed by atoms with E-state index in [1.807, 2.05) is 49.9 Å². The van der Waals surface area contributed by atoms with Crippen molar-refractivity contribution in [2.75, 3.05) is 13.1 Å². The summed E-state index contributed by atoms with van der Waals surface area (Å²) in [6, 6.07) is 8.00. The second-order valence-corrected chi connectivity index (χ2v) is 7.93.